The highest BCUT2D eigenvalue weighted by Gasteiger charge is 2.42. The first-order chi connectivity index (χ1) is 13.6. The number of carbonyl (C=O) groups is 2. The molecule has 152 valence electrons. The molecule has 0 N–H and O–H groups in total. The number of hydrogen-bond donors (Lipinski definition) is 0. The van der Waals surface area contributed by atoms with Crippen molar-refractivity contribution in [3.63, 3.8) is 0 Å². The summed E-state index contributed by atoms with van der Waals surface area (Å²) in [6.07, 6.45) is 2.23. The second kappa shape index (κ2) is 7.99. The molecule has 7 heteroatoms. The van der Waals surface area contributed by atoms with Gasteiger partial charge in [0, 0.05) is 26.2 Å². The van der Waals surface area contributed by atoms with Crippen LogP contribution in [0.4, 0.5) is 0 Å². The van der Waals surface area contributed by atoms with E-state index in [2.05, 4.69) is 6.92 Å². The SMILES string of the molecule is CCCN1CC2(CCN(C(=O)C3COc4ccccc4O3)CC2)OCCC1=O. The third-order valence-corrected chi connectivity index (χ3v) is 5.82. The van der Waals surface area contributed by atoms with Gasteiger partial charge in [-0.05, 0) is 31.4 Å². The lowest BCUT2D eigenvalue weighted by Gasteiger charge is -2.43. The minimum absolute atomic E-state index is 0.0422. The molecule has 3 aliphatic heterocycles. The van der Waals surface area contributed by atoms with Gasteiger partial charge in [-0.2, -0.15) is 0 Å². The van der Waals surface area contributed by atoms with E-state index >= 15 is 0 Å². The van der Waals surface area contributed by atoms with Crippen LogP contribution in [0.3, 0.4) is 0 Å². The second-order valence-electron chi connectivity index (χ2n) is 7.79. The van der Waals surface area contributed by atoms with E-state index in [0.29, 0.717) is 44.2 Å². The number of amides is 2. The number of piperidine rings is 1. The van der Waals surface area contributed by atoms with Crippen LogP contribution in [0.2, 0.25) is 0 Å². The van der Waals surface area contributed by atoms with E-state index in [1.807, 2.05) is 34.1 Å². The van der Waals surface area contributed by atoms with Gasteiger partial charge in [-0.15, -0.1) is 0 Å². The first-order valence-electron chi connectivity index (χ1n) is 10.2. The van der Waals surface area contributed by atoms with Crippen LogP contribution in [0.1, 0.15) is 32.6 Å². The third kappa shape index (κ3) is 3.81. The molecule has 3 heterocycles. The van der Waals surface area contributed by atoms with E-state index in [1.165, 1.54) is 0 Å². The van der Waals surface area contributed by atoms with Crippen LogP contribution in [0.5, 0.6) is 11.5 Å². The summed E-state index contributed by atoms with van der Waals surface area (Å²) in [5.41, 5.74) is -0.339. The minimum Gasteiger partial charge on any atom is -0.485 e. The maximum atomic E-state index is 12.9. The largest absolute Gasteiger partial charge is 0.485 e. The Morgan fingerprint density at radius 3 is 2.71 bits per heavy atom. The summed E-state index contributed by atoms with van der Waals surface area (Å²) < 4.78 is 17.7. The smallest absolute Gasteiger partial charge is 0.267 e. The van der Waals surface area contributed by atoms with Gasteiger partial charge in [0.15, 0.2) is 11.5 Å². The molecule has 1 aromatic rings. The van der Waals surface area contributed by atoms with Gasteiger partial charge in [0.2, 0.25) is 12.0 Å². The Kier molecular flexibility index (Phi) is 5.44. The Morgan fingerprint density at radius 2 is 1.96 bits per heavy atom. The number of rotatable bonds is 3. The zero-order valence-electron chi connectivity index (χ0n) is 16.4. The second-order valence-corrected chi connectivity index (χ2v) is 7.79. The molecule has 28 heavy (non-hydrogen) atoms. The van der Waals surface area contributed by atoms with Crippen molar-refractivity contribution in [2.45, 2.75) is 44.3 Å². The predicted molar refractivity (Wildman–Crippen MR) is 102 cm³/mol. The van der Waals surface area contributed by atoms with E-state index < -0.39 is 6.10 Å². The highest BCUT2D eigenvalue weighted by molar-refractivity contribution is 5.82. The summed E-state index contributed by atoms with van der Waals surface area (Å²) in [7, 11) is 0. The first-order valence-corrected chi connectivity index (χ1v) is 10.2. The van der Waals surface area contributed by atoms with E-state index in [9.17, 15) is 9.59 Å². The van der Waals surface area contributed by atoms with Gasteiger partial charge >= 0.3 is 0 Å². The Hall–Kier alpha value is -2.28. The van der Waals surface area contributed by atoms with Crippen molar-refractivity contribution in [2.24, 2.45) is 0 Å². The minimum atomic E-state index is -0.614. The molecule has 1 spiro atoms. The summed E-state index contributed by atoms with van der Waals surface area (Å²) in [6, 6.07) is 7.41. The molecule has 0 aromatic heterocycles. The molecule has 1 atom stereocenters. The van der Waals surface area contributed by atoms with Crippen molar-refractivity contribution >= 4 is 11.8 Å². The van der Waals surface area contributed by atoms with Gasteiger partial charge in [-0.25, -0.2) is 0 Å². The average Bonchev–Trinajstić information content (AvgIpc) is 2.87. The first kappa shape index (κ1) is 19.1. The van der Waals surface area contributed by atoms with E-state index in [4.69, 9.17) is 14.2 Å². The van der Waals surface area contributed by atoms with E-state index in [-0.39, 0.29) is 24.0 Å². The number of benzene rings is 1. The molecule has 4 rings (SSSR count). The molecule has 1 unspecified atom stereocenters. The fourth-order valence-electron chi connectivity index (χ4n) is 4.25. The van der Waals surface area contributed by atoms with Gasteiger partial charge in [0.05, 0.1) is 18.6 Å². The maximum Gasteiger partial charge on any atom is 0.267 e. The highest BCUT2D eigenvalue weighted by Crippen LogP contribution is 2.33. The molecular formula is C21H28N2O5. The summed E-state index contributed by atoms with van der Waals surface area (Å²) in [4.78, 5) is 29.0. The van der Waals surface area contributed by atoms with Crippen LogP contribution in [-0.2, 0) is 14.3 Å². The summed E-state index contributed by atoms with van der Waals surface area (Å²) in [5, 5.41) is 0. The molecule has 0 bridgehead atoms. The molecule has 2 fully saturated rings. The zero-order valence-corrected chi connectivity index (χ0v) is 16.4. The molecule has 0 radical (unpaired) electrons. The van der Waals surface area contributed by atoms with Crippen LogP contribution in [0, 0.1) is 0 Å². The van der Waals surface area contributed by atoms with Gasteiger partial charge in [0.25, 0.3) is 5.91 Å². The van der Waals surface area contributed by atoms with Crippen LogP contribution in [-0.4, -0.2) is 72.7 Å². The number of ether oxygens (including phenoxy) is 3. The van der Waals surface area contributed by atoms with Crippen LogP contribution < -0.4 is 9.47 Å². The van der Waals surface area contributed by atoms with Crippen molar-refractivity contribution in [1.29, 1.82) is 0 Å². The third-order valence-electron chi connectivity index (χ3n) is 5.82. The Balaban J connectivity index is 1.37. The molecule has 2 amide bonds. The Bertz CT molecular complexity index is 729. The summed E-state index contributed by atoms with van der Waals surface area (Å²) >= 11 is 0. The van der Waals surface area contributed by atoms with Gasteiger partial charge < -0.3 is 24.0 Å². The zero-order chi connectivity index (χ0) is 19.6. The van der Waals surface area contributed by atoms with Crippen LogP contribution in [0.15, 0.2) is 24.3 Å². The van der Waals surface area contributed by atoms with Gasteiger partial charge in [-0.1, -0.05) is 19.1 Å². The lowest BCUT2D eigenvalue weighted by Crippen LogP contribution is -2.56. The van der Waals surface area contributed by atoms with Crippen molar-refractivity contribution in [2.75, 3.05) is 39.4 Å². The van der Waals surface area contributed by atoms with Crippen LogP contribution in [0.25, 0.3) is 0 Å². The average molecular weight is 388 g/mol. The van der Waals surface area contributed by atoms with E-state index in [1.54, 1.807) is 0 Å². The number of hydrogen-bond acceptors (Lipinski definition) is 5. The Labute approximate surface area is 165 Å². The molecule has 0 saturated carbocycles. The molecule has 2 saturated heterocycles. The fourth-order valence-corrected chi connectivity index (χ4v) is 4.25. The molecular weight excluding hydrogens is 360 g/mol. The van der Waals surface area contributed by atoms with Crippen molar-refractivity contribution in [3.05, 3.63) is 24.3 Å². The predicted octanol–water partition coefficient (Wildman–Crippen LogP) is 1.85. The van der Waals surface area contributed by atoms with Gasteiger partial charge in [0.1, 0.15) is 6.61 Å². The summed E-state index contributed by atoms with van der Waals surface area (Å²) in [6.45, 7) is 5.37. The number of carbonyl (C=O) groups excluding carboxylic acids is 2. The van der Waals surface area contributed by atoms with Crippen LogP contribution >= 0.6 is 0 Å². The maximum absolute atomic E-state index is 12.9. The molecule has 3 aliphatic rings. The number of para-hydroxylation sites is 2. The fraction of sp³-hybridized carbons (Fsp3) is 0.619. The normalized spacial score (nSPS) is 24.2. The van der Waals surface area contributed by atoms with Crippen molar-refractivity contribution in [1.82, 2.24) is 9.80 Å². The molecule has 1 aromatic carbocycles. The van der Waals surface area contributed by atoms with E-state index in [0.717, 1.165) is 25.8 Å². The van der Waals surface area contributed by atoms with Crippen molar-refractivity contribution < 1.29 is 23.8 Å². The number of fused-ring (bicyclic) bond motifs is 1. The highest BCUT2D eigenvalue weighted by atomic mass is 16.6. The standard InChI is InChI=1S/C21H28N2O5/c1-2-10-23-15-21(27-13-7-19(23)24)8-11-22(12-9-21)20(25)18-14-26-16-5-3-4-6-17(16)28-18/h3-6,18H,2,7-15H2,1H3. The van der Waals surface area contributed by atoms with Crippen molar-refractivity contribution in [3.8, 4) is 11.5 Å². The Morgan fingerprint density at radius 1 is 1.21 bits per heavy atom. The lowest BCUT2D eigenvalue weighted by molar-refractivity contribution is -0.148. The monoisotopic (exact) mass is 388 g/mol. The summed E-state index contributed by atoms with van der Waals surface area (Å²) in [5.74, 6) is 1.42. The quantitative estimate of drug-likeness (QED) is 0.791. The lowest BCUT2D eigenvalue weighted by atomic mass is 9.90. The molecule has 0 aliphatic carbocycles. The number of nitrogens with zero attached hydrogens (tertiary/aromatic N) is 2. The van der Waals surface area contributed by atoms with Gasteiger partial charge in [-0.3, -0.25) is 9.59 Å². The topological polar surface area (TPSA) is 68.3 Å². The molecule has 7 nitrogen and oxygen atoms in total. The number of likely N-dealkylation sites (tertiary alicyclic amines) is 1.